The number of aryl methyl sites for hydroxylation is 1. The van der Waals surface area contributed by atoms with Gasteiger partial charge in [0.2, 0.25) is 0 Å². The summed E-state index contributed by atoms with van der Waals surface area (Å²) in [5.74, 6) is 1.29. The number of fused-ring (bicyclic) bond motifs is 1. The summed E-state index contributed by atoms with van der Waals surface area (Å²) in [5, 5.41) is 0.619. The molecule has 1 aliphatic heterocycles. The molecular formula is C13H16N2S. The van der Waals surface area contributed by atoms with Gasteiger partial charge in [-0.15, -0.1) is 0 Å². The van der Waals surface area contributed by atoms with Crippen molar-refractivity contribution in [2.24, 2.45) is 0 Å². The van der Waals surface area contributed by atoms with Gasteiger partial charge in [-0.25, -0.2) is 4.98 Å². The number of rotatable bonds is 1. The van der Waals surface area contributed by atoms with Crippen LogP contribution in [0.2, 0.25) is 0 Å². The zero-order chi connectivity index (χ0) is 11.0. The van der Waals surface area contributed by atoms with E-state index in [0.29, 0.717) is 5.25 Å². The van der Waals surface area contributed by atoms with Crippen LogP contribution in [0, 0.1) is 6.92 Å². The highest BCUT2D eigenvalue weighted by Gasteiger charge is 2.18. The summed E-state index contributed by atoms with van der Waals surface area (Å²) in [6.45, 7) is 2.11. The SMILES string of the molecule is Cc1ccn2cc(C3CCCCS3)nc2c1. The third-order valence-corrected chi connectivity index (χ3v) is 4.55. The first-order valence-corrected chi connectivity index (χ1v) is 6.95. The highest BCUT2D eigenvalue weighted by atomic mass is 32.2. The lowest BCUT2D eigenvalue weighted by atomic mass is 10.1. The standard InChI is InChI=1S/C13H16N2S/c1-10-5-6-15-9-11(14-13(15)8-10)12-4-2-3-7-16-12/h5-6,8-9,12H,2-4,7H2,1H3. The van der Waals surface area contributed by atoms with Gasteiger partial charge in [-0.2, -0.15) is 11.8 Å². The molecular weight excluding hydrogens is 216 g/mol. The largest absolute Gasteiger partial charge is 0.307 e. The molecule has 0 amide bonds. The molecule has 0 N–H and O–H groups in total. The van der Waals surface area contributed by atoms with Crippen molar-refractivity contribution in [3.8, 4) is 0 Å². The molecule has 0 spiro atoms. The predicted molar refractivity (Wildman–Crippen MR) is 69.0 cm³/mol. The van der Waals surface area contributed by atoms with Gasteiger partial charge in [-0.1, -0.05) is 6.42 Å². The van der Waals surface area contributed by atoms with E-state index >= 15 is 0 Å². The van der Waals surface area contributed by atoms with E-state index in [1.54, 1.807) is 0 Å². The van der Waals surface area contributed by atoms with Crippen LogP contribution in [-0.4, -0.2) is 15.1 Å². The van der Waals surface area contributed by atoms with Gasteiger partial charge in [-0.3, -0.25) is 0 Å². The number of pyridine rings is 1. The van der Waals surface area contributed by atoms with Crippen molar-refractivity contribution in [2.45, 2.75) is 31.4 Å². The Bertz CT molecular complexity index is 498. The fourth-order valence-electron chi connectivity index (χ4n) is 2.23. The fraction of sp³-hybridized carbons (Fsp3) is 0.462. The molecule has 3 heteroatoms. The summed E-state index contributed by atoms with van der Waals surface area (Å²) in [7, 11) is 0. The summed E-state index contributed by atoms with van der Waals surface area (Å²) in [4.78, 5) is 4.74. The number of hydrogen-bond acceptors (Lipinski definition) is 2. The van der Waals surface area contributed by atoms with Gasteiger partial charge in [0.1, 0.15) is 5.65 Å². The summed E-state index contributed by atoms with van der Waals surface area (Å²) >= 11 is 2.06. The van der Waals surface area contributed by atoms with Crippen LogP contribution in [0.4, 0.5) is 0 Å². The van der Waals surface area contributed by atoms with Crippen LogP contribution in [0.1, 0.15) is 35.8 Å². The molecule has 0 aromatic carbocycles. The fourth-order valence-corrected chi connectivity index (χ4v) is 3.51. The minimum Gasteiger partial charge on any atom is -0.307 e. The van der Waals surface area contributed by atoms with Crippen LogP contribution < -0.4 is 0 Å². The summed E-state index contributed by atoms with van der Waals surface area (Å²) < 4.78 is 2.14. The van der Waals surface area contributed by atoms with Crippen molar-refractivity contribution in [3.63, 3.8) is 0 Å². The molecule has 1 atom stereocenters. The molecule has 2 nitrogen and oxygen atoms in total. The molecule has 0 radical (unpaired) electrons. The normalized spacial score (nSPS) is 21.4. The molecule has 84 valence electrons. The topological polar surface area (TPSA) is 17.3 Å². The first-order chi connectivity index (χ1) is 7.83. The van der Waals surface area contributed by atoms with E-state index in [1.807, 2.05) is 0 Å². The lowest BCUT2D eigenvalue weighted by Gasteiger charge is -2.18. The van der Waals surface area contributed by atoms with E-state index in [1.165, 1.54) is 36.3 Å². The number of imidazole rings is 1. The van der Waals surface area contributed by atoms with E-state index in [9.17, 15) is 0 Å². The Morgan fingerprint density at radius 2 is 2.38 bits per heavy atom. The maximum Gasteiger partial charge on any atom is 0.137 e. The summed E-state index contributed by atoms with van der Waals surface area (Å²) in [6.07, 6.45) is 8.30. The highest BCUT2D eigenvalue weighted by Crippen LogP contribution is 2.37. The molecule has 1 unspecified atom stereocenters. The smallest absolute Gasteiger partial charge is 0.137 e. The molecule has 1 saturated heterocycles. The molecule has 2 aromatic heterocycles. The van der Waals surface area contributed by atoms with Crippen LogP contribution in [0.15, 0.2) is 24.5 Å². The number of thioether (sulfide) groups is 1. The van der Waals surface area contributed by atoms with Crippen molar-refractivity contribution in [2.75, 3.05) is 5.75 Å². The van der Waals surface area contributed by atoms with Gasteiger partial charge < -0.3 is 4.40 Å². The molecule has 3 heterocycles. The summed E-state index contributed by atoms with van der Waals surface area (Å²) in [5.41, 5.74) is 3.62. The van der Waals surface area contributed by atoms with E-state index in [4.69, 9.17) is 4.98 Å². The van der Waals surface area contributed by atoms with E-state index in [-0.39, 0.29) is 0 Å². The number of aromatic nitrogens is 2. The zero-order valence-electron chi connectivity index (χ0n) is 9.52. The average molecular weight is 232 g/mol. The first-order valence-electron chi connectivity index (χ1n) is 5.90. The van der Waals surface area contributed by atoms with Crippen LogP contribution in [0.5, 0.6) is 0 Å². The maximum absolute atomic E-state index is 4.74. The Hall–Kier alpha value is -0.960. The lowest BCUT2D eigenvalue weighted by molar-refractivity contribution is 0.678. The Morgan fingerprint density at radius 1 is 1.44 bits per heavy atom. The molecule has 3 rings (SSSR count). The van der Waals surface area contributed by atoms with Crippen LogP contribution >= 0.6 is 11.8 Å². The predicted octanol–water partition coefficient (Wildman–Crippen LogP) is 3.60. The van der Waals surface area contributed by atoms with Crippen LogP contribution in [0.3, 0.4) is 0 Å². The van der Waals surface area contributed by atoms with Crippen molar-refractivity contribution >= 4 is 17.4 Å². The summed E-state index contributed by atoms with van der Waals surface area (Å²) in [6, 6.07) is 4.28. The first kappa shape index (κ1) is 10.2. The van der Waals surface area contributed by atoms with Gasteiger partial charge >= 0.3 is 0 Å². The van der Waals surface area contributed by atoms with Gasteiger partial charge in [0.05, 0.1) is 5.69 Å². The monoisotopic (exact) mass is 232 g/mol. The minimum atomic E-state index is 0.619. The van der Waals surface area contributed by atoms with Gasteiger partial charge in [-0.05, 0) is 43.2 Å². The Kier molecular flexibility index (Phi) is 2.64. The van der Waals surface area contributed by atoms with E-state index in [2.05, 4.69) is 47.6 Å². The van der Waals surface area contributed by atoms with Crippen LogP contribution in [0.25, 0.3) is 5.65 Å². The highest BCUT2D eigenvalue weighted by molar-refractivity contribution is 7.99. The molecule has 2 aromatic rings. The Morgan fingerprint density at radius 3 is 3.19 bits per heavy atom. The van der Waals surface area contributed by atoms with E-state index < -0.39 is 0 Å². The van der Waals surface area contributed by atoms with Crippen molar-refractivity contribution in [3.05, 3.63) is 35.8 Å². The zero-order valence-corrected chi connectivity index (χ0v) is 10.3. The Balaban J connectivity index is 1.97. The molecule has 16 heavy (non-hydrogen) atoms. The maximum atomic E-state index is 4.74. The van der Waals surface area contributed by atoms with Crippen molar-refractivity contribution in [1.82, 2.24) is 9.38 Å². The average Bonchev–Trinajstić information content (AvgIpc) is 2.73. The number of nitrogens with zero attached hydrogens (tertiary/aromatic N) is 2. The van der Waals surface area contributed by atoms with Gasteiger partial charge in [0, 0.05) is 17.6 Å². The van der Waals surface area contributed by atoms with Gasteiger partial charge in [0.15, 0.2) is 0 Å². The second-order valence-corrected chi connectivity index (χ2v) is 5.80. The molecule has 1 aliphatic rings. The minimum absolute atomic E-state index is 0.619. The second kappa shape index (κ2) is 4.13. The van der Waals surface area contributed by atoms with Crippen LogP contribution in [-0.2, 0) is 0 Å². The number of hydrogen-bond donors (Lipinski definition) is 0. The van der Waals surface area contributed by atoms with Gasteiger partial charge in [0.25, 0.3) is 0 Å². The molecule has 0 aliphatic carbocycles. The Labute approximate surface area is 100 Å². The van der Waals surface area contributed by atoms with E-state index in [0.717, 1.165) is 5.65 Å². The molecule has 0 saturated carbocycles. The second-order valence-electron chi connectivity index (χ2n) is 4.49. The van der Waals surface area contributed by atoms with Crippen molar-refractivity contribution < 1.29 is 0 Å². The van der Waals surface area contributed by atoms with Crippen molar-refractivity contribution in [1.29, 1.82) is 0 Å². The third-order valence-electron chi connectivity index (χ3n) is 3.14. The third kappa shape index (κ3) is 1.84. The molecule has 0 bridgehead atoms. The lowest BCUT2D eigenvalue weighted by Crippen LogP contribution is -2.02. The molecule has 1 fully saturated rings. The quantitative estimate of drug-likeness (QED) is 0.747.